The van der Waals surface area contributed by atoms with E-state index in [-0.39, 0.29) is 24.6 Å². The van der Waals surface area contributed by atoms with Gasteiger partial charge in [-0.2, -0.15) is 18.2 Å². The van der Waals surface area contributed by atoms with E-state index in [1.807, 2.05) is 0 Å². The lowest BCUT2D eigenvalue weighted by molar-refractivity contribution is -0.151. The van der Waals surface area contributed by atoms with Crippen LogP contribution in [0, 0.1) is 0 Å². The number of halogens is 3. The summed E-state index contributed by atoms with van der Waals surface area (Å²) in [7, 11) is 0. The summed E-state index contributed by atoms with van der Waals surface area (Å²) in [6.07, 6.45) is -4.19. The minimum absolute atomic E-state index is 0.0531. The van der Waals surface area contributed by atoms with Crippen LogP contribution in [0.25, 0.3) is 10.2 Å². The van der Waals surface area contributed by atoms with Crippen molar-refractivity contribution in [3.05, 3.63) is 11.4 Å². The van der Waals surface area contributed by atoms with Gasteiger partial charge in [-0.3, -0.25) is 5.43 Å². The first-order valence-corrected chi connectivity index (χ1v) is 6.40. The van der Waals surface area contributed by atoms with Gasteiger partial charge in [-0.15, -0.1) is 11.3 Å². The first-order chi connectivity index (χ1) is 8.95. The van der Waals surface area contributed by atoms with Gasteiger partial charge in [-0.05, 0) is 24.3 Å². The van der Waals surface area contributed by atoms with Gasteiger partial charge in [0, 0.05) is 0 Å². The summed E-state index contributed by atoms with van der Waals surface area (Å²) in [5.74, 6) is 5.48. The van der Waals surface area contributed by atoms with Crippen LogP contribution in [0.1, 0.15) is 12.8 Å². The Morgan fingerprint density at radius 2 is 2.05 bits per heavy atom. The Morgan fingerprint density at radius 3 is 2.63 bits per heavy atom. The molecule has 0 bridgehead atoms. The zero-order chi connectivity index (χ0) is 13.7. The third-order valence-corrected chi connectivity index (χ3v) is 3.91. The Bertz CT molecular complexity index is 619. The molecule has 5 nitrogen and oxygen atoms in total. The van der Waals surface area contributed by atoms with Crippen molar-refractivity contribution in [2.45, 2.75) is 24.6 Å². The first kappa shape index (κ1) is 12.4. The predicted octanol–water partition coefficient (Wildman–Crippen LogP) is 2.48. The highest BCUT2D eigenvalue weighted by Gasteiger charge is 2.63. The number of nitrogens with zero attached hydrogens (tertiary/aromatic N) is 2. The summed E-state index contributed by atoms with van der Waals surface area (Å²) in [4.78, 5) is 8.64. The number of nitrogens with one attached hydrogen (secondary N) is 2. The Hall–Kier alpha value is -1.61. The van der Waals surface area contributed by atoms with Crippen LogP contribution in [-0.4, -0.2) is 21.7 Å². The van der Waals surface area contributed by atoms with Crippen LogP contribution in [0.4, 0.5) is 24.9 Å². The number of rotatable bonds is 3. The average molecular weight is 289 g/mol. The summed E-state index contributed by atoms with van der Waals surface area (Å²) in [5, 5.41) is 4.83. The van der Waals surface area contributed by atoms with Crippen molar-refractivity contribution in [2.75, 3.05) is 10.7 Å². The molecule has 2 aromatic heterocycles. The Labute approximate surface area is 110 Å². The number of hydrazine groups is 1. The van der Waals surface area contributed by atoms with E-state index in [4.69, 9.17) is 5.84 Å². The SMILES string of the molecule is NNc1nc(NC2(C(F)(F)F)CC2)c2ccsc2n1. The number of thiophene rings is 1. The van der Waals surface area contributed by atoms with Crippen LogP contribution in [0.2, 0.25) is 0 Å². The maximum absolute atomic E-state index is 12.9. The molecule has 19 heavy (non-hydrogen) atoms. The Balaban J connectivity index is 2.03. The van der Waals surface area contributed by atoms with E-state index in [9.17, 15) is 13.2 Å². The topological polar surface area (TPSA) is 75.9 Å². The number of fused-ring (bicyclic) bond motifs is 1. The molecule has 1 aliphatic carbocycles. The van der Waals surface area contributed by atoms with E-state index in [0.29, 0.717) is 10.2 Å². The number of alkyl halides is 3. The largest absolute Gasteiger partial charge is 0.411 e. The first-order valence-electron chi connectivity index (χ1n) is 5.52. The van der Waals surface area contributed by atoms with Crippen LogP contribution in [-0.2, 0) is 0 Å². The highest BCUT2D eigenvalue weighted by molar-refractivity contribution is 7.16. The summed E-state index contributed by atoms with van der Waals surface area (Å²) < 4.78 is 38.8. The van der Waals surface area contributed by atoms with Crippen molar-refractivity contribution < 1.29 is 13.2 Å². The summed E-state index contributed by atoms with van der Waals surface area (Å²) in [5.41, 5.74) is 0.398. The van der Waals surface area contributed by atoms with Gasteiger partial charge in [0.15, 0.2) is 0 Å². The van der Waals surface area contributed by atoms with Gasteiger partial charge >= 0.3 is 6.18 Å². The normalized spacial score (nSPS) is 17.5. The predicted molar refractivity (Wildman–Crippen MR) is 66.9 cm³/mol. The minimum atomic E-state index is -4.30. The van der Waals surface area contributed by atoms with Crippen molar-refractivity contribution in [2.24, 2.45) is 5.84 Å². The second-order valence-electron chi connectivity index (χ2n) is 4.38. The van der Waals surface area contributed by atoms with E-state index < -0.39 is 11.7 Å². The van der Waals surface area contributed by atoms with Crippen molar-refractivity contribution in [3.8, 4) is 0 Å². The van der Waals surface area contributed by atoms with Gasteiger partial charge in [0.1, 0.15) is 16.2 Å². The maximum atomic E-state index is 12.9. The molecule has 1 fully saturated rings. The number of hydrogen-bond acceptors (Lipinski definition) is 6. The number of nitrogens with two attached hydrogens (primary N) is 1. The van der Waals surface area contributed by atoms with E-state index >= 15 is 0 Å². The molecule has 0 atom stereocenters. The van der Waals surface area contributed by atoms with Gasteiger partial charge in [0.2, 0.25) is 5.95 Å². The van der Waals surface area contributed by atoms with Crippen LogP contribution < -0.4 is 16.6 Å². The standard InChI is InChI=1S/C10H10F3N5S/c11-10(12,13)9(2-3-9)17-6-5-1-4-19-7(5)16-8(15-6)18-14/h1,4H,2-3,14H2,(H2,15,16,17,18). The van der Waals surface area contributed by atoms with Crippen molar-refractivity contribution >= 4 is 33.3 Å². The molecular weight excluding hydrogens is 279 g/mol. The molecule has 0 aliphatic heterocycles. The monoisotopic (exact) mass is 289 g/mol. The fourth-order valence-electron chi connectivity index (χ4n) is 1.85. The van der Waals surface area contributed by atoms with Gasteiger partial charge in [0.05, 0.1) is 5.39 Å². The van der Waals surface area contributed by atoms with Crippen molar-refractivity contribution in [1.82, 2.24) is 9.97 Å². The molecule has 0 saturated heterocycles. The van der Waals surface area contributed by atoms with Crippen LogP contribution in [0.15, 0.2) is 11.4 Å². The fourth-order valence-corrected chi connectivity index (χ4v) is 2.61. The highest BCUT2D eigenvalue weighted by atomic mass is 32.1. The summed E-state index contributed by atoms with van der Waals surface area (Å²) in [6.45, 7) is 0. The van der Waals surface area contributed by atoms with Gasteiger partial charge in [-0.1, -0.05) is 0 Å². The molecule has 2 heterocycles. The van der Waals surface area contributed by atoms with Crippen LogP contribution in [0.5, 0.6) is 0 Å². The zero-order valence-electron chi connectivity index (χ0n) is 9.58. The van der Waals surface area contributed by atoms with Gasteiger partial charge < -0.3 is 5.32 Å². The van der Waals surface area contributed by atoms with Gasteiger partial charge in [-0.25, -0.2) is 10.8 Å². The van der Waals surface area contributed by atoms with E-state index in [1.54, 1.807) is 11.4 Å². The average Bonchev–Trinajstić information content (AvgIpc) is 2.98. The van der Waals surface area contributed by atoms with Crippen molar-refractivity contribution in [1.29, 1.82) is 0 Å². The number of aromatic nitrogens is 2. The zero-order valence-corrected chi connectivity index (χ0v) is 10.4. The minimum Gasteiger partial charge on any atom is -0.356 e. The molecule has 0 spiro atoms. The molecule has 0 radical (unpaired) electrons. The fraction of sp³-hybridized carbons (Fsp3) is 0.400. The Kier molecular flexibility index (Phi) is 2.58. The molecule has 1 aliphatic rings. The lowest BCUT2D eigenvalue weighted by Crippen LogP contribution is -2.39. The second kappa shape index (κ2) is 3.94. The number of hydrogen-bond donors (Lipinski definition) is 3. The van der Waals surface area contributed by atoms with E-state index in [0.717, 1.165) is 0 Å². The third-order valence-electron chi connectivity index (χ3n) is 3.10. The molecule has 102 valence electrons. The van der Waals surface area contributed by atoms with Crippen molar-refractivity contribution in [3.63, 3.8) is 0 Å². The summed E-state index contributed by atoms with van der Waals surface area (Å²) >= 11 is 1.32. The second-order valence-corrected chi connectivity index (χ2v) is 5.28. The smallest absolute Gasteiger partial charge is 0.356 e. The molecular formula is C10H10F3N5S. The molecule has 0 aromatic carbocycles. The third kappa shape index (κ3) is 1.98. The summed E-state index contributed by atoms with van der Waals surface area (Å²) in [6, 6.07) is 1.69. The highest BCUT2D eigenvalue weighted by Crippen LogP contribution is 2.51. The number of anilines is 2. The molecule has 0 amide bonds. The van der Waals surface area contributed by atoms with Gasteiger partial charge in [0.25, 0.3) is 0 Å². The van der Waals surface area contributed by atoms with Crippen LogP contribution >= 0.6 is 11.3 Å². The molecule has 0 unspecified atom stereocenters. The lowest BCUT2D eigenvalue weighted by atomic mass is 10.2. The van der Waals surface area contributed by atoms with E-state index in [1.165, 1.54) is 11.3 Å². The lowest BCUT2D eigenvalue weighted by Gasteiger charge is -2.21. The number of nitrogen functional groups attached to an aromatic ring is 1. The van der Waals surface area contributed by atoms with E-state index in [2.05, 4.69) is 20.7 Å². The molecule has 4 N–H and O–H groups in total. The molecule has 3 rings (SSSR count). The maximum Gasteiger partial charge on any atom is 0.411 e. The van der Waals surface area contributed by atoms with Crippen LogP contribution in [0.3, 0.4) is 0 Å². The molecule has 2 aromatic rings. The quantitative estimate of drug-likeness (QED) is 0.598. The molecule has 1 saturated carbocycles. The molecule has 9 heteroatoms. The Morgan fingerprint density at radius 1 is 1.32 bits per heavy atom.